The van der Waals surface area contributed by atoms with Crippen molar-refractivity contribution in [2.24, 2.45) is 11.3 Å². The molecule has 0 amide bonds. The normalized spacial score (nSPS) is 30.3. The second-order valence-corrected chi connectivity index (χ2v) is 11.2. The van der Waals surface area contributed by atoms with Crippen LogP contribution in [0.25, 0.3) is 0 Å². The lowest BCUT2D eigenvalue weighted by molar-refractivity contribution is 0.582. The molecule has 0 aromatic rings. The second kappa shape index (κ2) is 2.10. The first kappa shape index (κ1) is 8.31. The number of rotatable bonds is 2. The summed E-state index contributed by atoms with van der Waals surface area (Å²) in [5.41, 5.74) is 0.709. The fourth-order valence-corrected chi connectivity index (χ4v) is 3.84. The molecule has 0 aliphatic heterocycles. The van der Waals surface area contributed by atoms with Crippen molar-refractivity contribution in [3.8, 4) is 0 Å². The van der Waals surface area contributed by atoms with Gasteiger partial charge in [0.1, 0.15) is 0 Å². The SMILES string of the molecule is CC1(C)CC1C[Si](C)(C)C. The Bertz CT molecular complexity index is 130. The van der Waals surface area contributed by atoms with E-state index in [2.05, 4.69) is 33.5 Å². The minimum Gasteiger partial charge on any atom is -0.0695 e. The molecule has 1 aliphatic carbocycles. The molecule has 0 bridgehead atoms. The summed E-state index contributed by atoms with van der Waals surface area (Å²) in [5, 5.41) is 0. The van der Waals surface area contributed by atoms with Crippen LogP contribution in [0.4, 0.5) is 0 Å². The predicted octanol–water partition coefficient (Wildman–Crippen LogP) is 3.37. The molecule has 0 radical (unpaired) electrons. The lowest BCUT2D eigenvalue weighted by atomic mass is 10.1. The van der Waals surface area contributed by atoms with E-state index in [9.17, 15) is 0 Å². The second-order valence-electron chi connectivity index (χ2n) is 5.65. The molecular formula is C9H20Si. The maximum absolute atomic E-state index is 2.47. The molecule has 0 saturated heterocycles. The van der Waals surface area contributed by atoms with Gasteiger partial charge in [-0.25, -0.2) is 0 Å². The molecule has 0 N–H and O–H groups in total. The highest BCUT2D eigenvalue weighted by Crippen LogP contribution is 2.55. The molecule has 0 nitrogen and oxygen atoms in total. The van der Waals surface area contributed by atoms with E-state index < -0.39 is 8.07 Å². The topological polar surface area (TPSA) is 0 Å². The fraction of sp³-hybridized carbons (Fsp3) is 1.00. The molecule has 1 heteroatoms. The van der Waals surface area contributed by atoms with Gasteiger partial charge in [0.05, 0.1) is 0 Å². The predicted molar refractivity (Wildman–Crippen MR) is 50.0 cm³/mol. The number of hydrogen-bond donors (Lipinski definition) is 0. The quantitative estimate of drug-likeness (QED) is 0.538. The molecule has 0 heterocycles. The minimum absolute atomic E-state index is 0.709. The van der Waals surface area contributed by atoms with E-state index in [1.807, 2.05) is 0 Å². The van der Waals surface area contributed by atoms with Crippen molar-refractivity contribution in [1.82, 2.24) is 0 Å². The van der Waals surface area contributed by atoms with Crippen LogP contribution in [0, 0.1) is 11.3 Å². The van der Waals surface area contributed by atoms with Gasteiger partial charge in [-0.1, -0.05) is 39.5 Å². The minimum atomic E-state index is -0.747. The van der Waals surface area contributed by atoms with E-state index in [0.29, 0.717) is 5.41 Å². The van der Waals surface area contributed by atoms with Crippen LogP contribution >= 0.6 is 0 Å². The van der Waals surface area contributed by atoms with Gasteiger partial charge in [-0.05, 0) is 17.8 Å². The van der Waals surface area contributed by atoms with E-state index in [0.717, 1.165) is 5.92 Å². The van der Waals surface area contributed by atoms with Crippen molar-refractivity contribution in [3.05, 3.63) is 0 Å². The van der Waals surface area contributed by atoms with Crippen LogP contribution in [-0.2, 0) is 0 Å². The van der Waals surface area contributed by atoms with Gasteiger partial charge in [0.25, 0.3) is 0 Å². The van der Waals surface area contributed by atoms with Crippen molar-refractivity contribution < 1.29 is 0 Å². The first-order chi connectivity index (χ1) is 4.31. The third-order valence-corrected chi connectivity index (χ3v) is 4.29. The van der Waals surface area contributed by atoms with E-state index in [1.54, 1.807) is 6.04 Å². The zero-order valence-electron chi connectivity index (χ0n) is 7.99. The van der Waals surface area contributed by atoms with Crippen LogP contribution in [0.3, 0.4) is 0 Å². The van der Waals surface area contributed by atoms with Crippen molar-refractivity contribution in [1.29, 1.82) is 0 Å². The summed E-state index contributed by atoms with van der Waals surface area (Å²) in [4.78, 5) is 0. The first-order valence-electron chi connectivity index (χ1n) is 4.31. The lowest BCUT2D eigenvalue weighted by Gasteiger charge is -2.16. The van der Waals surface area contributed by atoms with Gasteiger partial charge in [0.15, 0.2) is 0 Å². The zero-order chi connectivity index (χ0) is 7.99. The van der Waals surface area contributed by atoms with Crippen LogP contribution in [0.1, 0.15) is 20.3 Å². The van der Waals surface area contributed by atoms with Gasteiger partial charge in [-0.15, -0.1) is 0 Å². The molecule has 1 saturated carbocycles. The summed E-state index contributed by atoms with van der Waals surface area (Å²) in [6.45, 7) is 12.2. The molecule has 0 aromatic carbocycles. The van der Waals surface area contributed by atoms with E-state index in [-0.39, 0.29) is 0 Å². The molecule has 60 valence electrons. The summed E-state index contributed by atoms with van der Waals surface area (Å²) < 4.78 is 0. The summed E-state index contributed by atoms with van der Waals surface area (Å²) in [7, 11) is -0.747. The maximum atomic E-state index is 2.47. The summed E-state index contributed by atoms with van der Waals surface area (Å²) in [6, 6.07) is 1.54. The van der Waals surface area contributed by atoms with Crippen LogP contribution in [0.5, 0.6) is 0 Å². The summed E-state index contributed by atoms with van der Waals surface area (Å²) >= 11 is 0. The Hall–Kier alpha value is 0.217. The standard InChI is InChI=1S/C9H20Si/c1-9(2)6-8(9)7-10(3,4)5/h8H,6-7H2,1-5H3. The monoisotopic (exact) mass is 156 g/mol. The average Bonchev–Trinajstić information content (AvgIpc) is 2.05. The third kappa shape index (κ3) is 2.12. The van der Waals surface area contributed by atoms with Gasteiger partial charge in [-0.3, -0.25) is 0 Å². The highest BCUT2D eigenvalue weighted by molar-refractivity contribution is 6.76. The third-order valence-electron chi connectivity index (χ3n) is 2.58. The highest BCUT2D eigenvalue weighted by atomic mass is 28.3. The van der Waals surface area contributed by atoms with Crippen LogP contribution < -0.4 is 0 Å². The Balaban J connectivity index is 2.31. The van der Waals surface area contributed by atoms with Gasteiger partial charge >= 0.3 is 0 Å². The lowest BCUT2D eigenvalue weighted by Crippen LogP contribution is -2.20. The largest absolute Gasteiger partial charge is 0.0695 e. The Morgan fingerprint density at radius 3 is 1.80 bits per heavy atom. The first-order valence-corrected chi connectivity index (χ1v) is 8.02. The molecular weight excluding hydrogens is 136 g/mol. The molecule has 1 unspecified atom stereocenters. The molecule has 1 fully saturated rings. The van der Waals surface area contributed by atoms with Gasteiger partial charge in [0, 0.05) is 8.07 Å². The van der Waals surface area contributed by atoms with Crippen molar-refractivity contribution >= 4 is 8.07 Å². The van der Waals surface area contributed by atoms with E-state index in [1.165, 1.54) is 6.42 Å². The fourth-order valence-electron chi connectivity index (χ4n) is 1.66. The van der Waals surface area contributed by atoms with Gasteiger partial charge in [0.2, 0.25) is 0 Å². The smallest absolute Gasteiger partial charge is 0.0445 e. The highest BCUT2D eigenvalue weighted by Gasteiger charge is 2.46. The van der Waals surface area contributed by atoms with E-state index >= 15 is 0 Å². The summed E-state index contributed by atoms with van der Waals surface area (Å²) in [6.07, 6.45) is 1.48. The Morgan fingerprint density at radius 1 is 1.30 bits per heavy atom. The van der Waals surface area contributed by atoms with Gasteiger partial charge in [-0.2, -0.15) is 0 Å². The van der Waals surface area contributed by atoms with Crippen LogP contribution in [0.2, 0.25) is 25.7 Å². The Labute approximate surface area is 66.0 Å². The van der Waals surface area contributed by atoms with Crippen molar-refractivity contribution in [2.75, 3.05) is 0 Å². The molecule has 10 heavy (non-hydrogen) atoms. The van der Waals surface area contributed by atoms with Crippen molar-refractivity contribution in [3.63, 3.8) is 0 Å². The Kier molecular flexibility index (Phi) is 1.75. The van der Waals surface area contributed by atoms with Gasteiger partial charge < -0.3 is 0 Å². The average molecular weight is 156 g/mol. The van der Waals surface area contributed by atoms with Crippen molar-refractivity contribution in [2.45, 2.75) is 46.0 Å². The van der Waals surface area contributed by atoms with E-state index in [4.69, 9.17) is 0 Å². The summed E-state index contributed by atoms with van der Waals surface area (Å²) in [5.74, 6) is 1.07. The zero-order valence-corrected chi connectivity index (χ0v) is 8.99. The van der Waals surface area contributed by atoms with Crippen LogP contribution in [0.15, 0.2) is 0 Å². The van der Waals surface area contributed by atoms with Crippen LogP contribution in [-0.4, -0.2) is 8.07 Å². The molecule has 1 aliphatic rings. The Morgan fingerprint density at radius 2 is 1.70 bits per heavy atom. The molecule has 1 atom stereocenters. The molecule has 0 aromatic heterocycles. The number of hydrogen-bond acceptors (Lipinski definition) is 0. The maximum Gasteiger partial charge on any atom is 0.0445 e. The molecule has 1 rings (SSSR count). The molecule has 0 spiro atoms.